The zero-order valence-electron chi connectivity index (χ0n) is 16.3. The molecule has 1 atom stereocenters. The quantitative estimate of drug-likeness (QED) is 0.567. The van der Waals surface area contributed by atoms with E-state index in [4.69, 9.17) is 4.74 Å². The van der Waals surface area contributed by atoms with Crippen LogP contribution in [0.3, 0.4) is 0 Å². The van der Waals surface area contributed by atoms with Gasteiger partial charge >= 0.3 is 5.97 Å². The molecule has 1 N–H and O–H groups in total. The van der Waals surface area contributed by atoms with E-state index in [1.165, 1.54) is 11.8 Å². The highest BCUT2D eigenvalue weighted by atomic mass is 16.5. The van der Waals surface area contributed by atoms with E-state index in [-0.39, 0.29) is 17.2 Å². The van der Waals surface area contributed by atoms with Gasteiger partial charge in [-0.05, 0) is 18.4 Å². The molecule has 0 aliphatic rings. The van der Waals surface area contributed by atoms with Gasteiger partial charge in [-0.3, -0.25) is 9.59 Å². The Kier molecular flexibility index (Phi) is 7.10. The normalized spacial score (nSPS) is 12.2. The minimum Gasteiger partial charge on any atom is -0.467 e. The summed E-state index contributed by atoms with van der Waals surface area (Å²) in [7, 11) is 1.28. The summed E-state index contributed by atoms with van der Waals surface area (Å²) in [5.74, 6) is -1.17. The van der Waals surface area contributed by atoms with E-state index >= 15 is 0 Å². The van der Waals surface area contributed by atoms with Crippen LogP contribution in [0.2, 0.25) is 0 Å². The lowest BCUT2D eigenvalue weighted by molar-refractivity contribution is -0.144. The first-order chi connectivity index (χ1) is 12.9. The second kappa shape index (κ2) is 9.30. The second-order valence-corrected chi connectivity index (χ2v) is 6.85. The molecule has 1 heterocycles. The van der Waals surface area contributed by atoms with Crippen LogP contribution in [0.15, 0.2) is 29.1 Å². The molecule has 2 aromatic rings. The van der Waals surface area contributed by atoms with E-state index in [1.54, 1.807) is 24.3 Å². The van der Waals surface area contributed by atoms with Crippen molar-refractivity contribution in [3.05, 3.63) is 40.3 Å². The Bertz CT molecular complexity index is 873. The van der Waals surface area contributed by atoms with Crippen LogP contribution in [0.5, 0.6) is 0 Å². The van der Waals surface area contributed by atoms with Crippen LogP contribution in [0.1, 0.15) is 50.5 Å². The monoisotopic (exact) mass is 373 g/mol. The largest absolute Gasteiger partial charge is 0.467 e. The molecule has 0 bridgehead atoms. The zero-order valence-corrected chi connectivity index (χ0v) is 16.3. The predicted octanol–water partition coefficient (Wildman–Crippen LogP) is 2.51. The third-order valence-electron chi connectivity index (χ3n) is 4.46. The van der Waals surface area contributed by atoms with Gasteiger partial charge in [-0.15, -0.1) is 0 Å². The van der Waals surface area contributed by atoms with Crippen LogP contribution in [0.25, 0.3) is 10.8 Å². The first-order valence-corrected chi connectivity index (χ1v) is 9.29. The van der Waals surface area contributed by atoms with Gasteiger partial charge in [0.15, 0.2) is 5.69 Å². The van der Waals surface area contributed by atoms with Gasteiger partial charge in [0, 0.05) is 11.9 Å². The SMILES string of the molecule is CCCCCn1nc(C(=O)NC(C(=O)OC)C(C)C)c2ccccc2c1=O. The number of nitrogens with zero attached hydrogens (tertiary/aromatic N) is 2. The van der Waals surface area contributed by atoms with Crippen LogP contribution in [-0.4, -0.2) is 34.8 Å². The first kappa shape index (κ1) is 20.6. The number of aromatic nitrogens is 2. The Hall–Kier alpha value is -2.70. The molecular weight excluding hydrogens is 346 g/mol. The van der Waals surface area contributed by atoms with Crippen LogP contribution >= 0.6 is 0 Å². The summed E-state index contributed by atoms with van der Waals surface area (Å²) in [6.07, 6.45) is 2.80. The first-order valence-electron chi connectivity index (χ1n) is 9.29. The van der Waals surface area contributed by atoms with Crippen molar-refractivity contribution in [1.29, 1.82) is 0 Å². The number of aryl methyl sites for hydroxylation is 1. The van der Waals surface area contributed by atoms with Gasteiger partial charge < -0.3 is 10.1 Å². The number of ether oxygens (including phenoxy) is 1. The number of methoxy groups -OCH3 is 1. The molecule has 7 nitrogen and oxygen atoms in total. The van der Waals surface area contributed by atoms with Crippen molar-refractivity contribution in [2.75, 3.05) is 7.11 Å². The van der Waals surface area contributed by atoms with Crippen molar-refractivity contribution >= 4 is 22.6 Å². The number of benzene rings is 1. The lowest BCUT2D eigenvalue weighted by atomic mass is 10.0. The van der Waals surface area contributed by atoms with Crippen molar-refractivity contribution in [3.63, 3.8) is 0 Å². The Morgan fingerprint density at radius 3 is 2.44 bits per heavy atom. The van der Waals surface area contributed by atoms with Gasteiger partial charge in [0.1, 0.15) is 6.04 Å². The highest BCUT2D eigenvalue weighted by Crippen LogP contribution is 2.15. The standard InChI is InChI=1S/C20H27N3O4/c1-5-6-9-12-23-19(25)15-11-8-7-10-14(15)17(22-23)18(24)21-16(13(2)3)20(26)27-4/h7-8,10-11,13,16H,5-6,9,12H2,1-4H3,(H,21,24). The fraction of sp³-hybridized carbons (Fsp3) is 0.500. The van der Waals surface area contributed by atoms with Crippen molar-refractivity contribution in [2.45, 2.75) is 52.6 Å². The maximum Gasteiger partial charge on any atom is 0.328 e. The van der Waals surface area contributed by atoms with Crippen molar-refractivity contribution < 1.29 is 14.3 Å². The molecule has 0 saturated heterocycles. The van der Waals surface area contributed by atoms with Crippen molar-refractivity contribution in [2.24, 2.45) is 5.92 Å². The minimum absolute atomic E-state index is 0.135. The maximum atomic E-state index is 12.9. The van der Waals surface area contributed by atoms with E-state index in [0.29, 0.717) is 17.3 Å². The van der Waals surface area contributed by atoms with Gasteiger partial charge in [0.25, 0.3) is 11.5 Å². The summed E-state index contributed by atoms with van der Waals surface area (Å²) < 4.78 is 6.12. The maximum absolute atomic E-state index is 12.9. The number of fused-ring (bicyclic) bond motifs is 1. The van der Waals surface area contributed by atoms with Gasteiger partial charge in [-0.1, -0.05) is 51.8 Å². The zero-order chi connectivity index (χ0) is 20.0. The summed E-state index contributed by atoms with van der Waals surface area (Å²) in [6, 6.07) is 6.10. The molecule has 0 spiro atoms. The van der Waals surface area contributed by atoms with Crippen molar-refractivity contribution in [3.8, 4) is 0 Å². The summed E-state index contributed by atoms with van der Waals surface area (Å²) >= 11 is 0. The fourth-order valence-corrected chi connectivity index (χ4v) is 2.90. The Morgan fingerprint density at radius 2 is 1.85 bits per heavy atom. The molecule has 0 saturated carbocycles. The molecule has 0 fully saturated rings. The average molecular weight is 373 g/mol. The van der Waals surface area contributed by atoms with E-state index in [1.807, 2.05) is 13.8 Å². The van der Waals surface area contributed by atoms with Gasteiger partial charge in [0.05, 0.1) is 12.5 Å². The van der Waals surface area contributed by atoms with Gasteiger partial charge in [-0.2, -0.15) is 5.10 Å². The molecule has 0 aliphatic heterocycles. The van der Waals surface area contributed by atoms with E-state index < -0.39 is 17.9 Å². The van der Waals surface area contributed by atoms with Crippen LogP contribution in [0.4, 0.5) is 0 Å². The molecule has 0 aliphatic carbocycles. The average Bonchev–Trinajstić information content (AvgIpc) is 2.67. The summed E-state index contributed by atoms with van der Waals surface area (Å²) in [4.78, 5) is 37.5. The molecule has 1 amide bonds. The van der Waals surface area contributed by atoms with Crippen LogP contribution < -0.4 is 10.9 Å². The molecule has 1 unspecified atom stereocenters. The number of carbonyl (C=O) groups excluding carboxylic acids is 2. The van der Waals surface area contributed by atoms with E-state index in [2.05, 4.69) is 17.3 Å². The third-order valence-corrected chi connectivity index (χ3v) is 4.46. The predicted molar refractivity (Wildman–Crippen MR) is 104 cm³/mol. The molecule has 146 valence electrons. The molecule has 1 aromatic carbocycles. The highest BCUT2D eigenvalue weighted by molar-refractivity contribution is 6.05. The smallest absolute Gasteiger partial charge is 0.328 e. The summed E-state index contributed by atoms with van der Waals surface area (Å²) in [5, 5.41) is 7.92. The number of carbonyl (C=O) groups is 2. The highest BCUT2D eigenvalue weighted by Gasteiger charge is 2.27. The Balaban J connectivity index is 2.46. The number of hydrogen-bond donors (Lipinski definition) is 1. The third kappa shape index (κ3) is 4.72. The number of esters is 1. The topological polar surface area (TPSA) is 90.3 Å². The van der Waals surface area contributed by atoms with Crippen LogP contribution in [-0.2, 0) is 16.1 Å². The van der Waals surface area contributed by atoms with E-state index in [9.17, 15) is 14.4 Å². The summed E-state index contributed by atoms with van der Waals surface area (Å²) in [6.45, 7) is 6.16. The molecule has 27 heavy (non-hydrogen) atoms. The van der Waals surface area contributed by atoms with Crippen LogP contribution in [0, 0.1) is 5.92 Å². The number of unbranched alkanes of at least 4 members (excludes halogenated alkanes) is 2. The number of amides is 1. The van der Waals surface area contributed by atoms with Crippen molar-refractivity contribution in [1.82, 2.24) is 15.1 Å². The number of rotatable bonds is 8. The molecular formula is C20H27N3O4. The number of hydrogen-bond acceptors (Lipinski definition) is 5. The molecule has 2 rings (SSSR count). The van der Waals surface area contributed by atoms with Gasteiger partial charge in [-0.25, -0.2) is 9.48 Å². The van der Waals surface area contributed by atoms with Gasteiger partial charge in [0.2, 0.25) is 0 Å². The Morgan fingerprint density at radius 1 is 1.19 bits per heavy atom. The molecule has 0 radical (unpaired) electrons. The van der Waals surface area contributed by atoms with E-state index in [0.717, 1.165) is 19.3 Å². The number of nitrogens with one attached hydrogen (secondary N) is 1. The Labute approximate surface area is 158 Å². The fourth-order valence-electron chi connectivity index (χ4n) is 2.90. The minimum atomic E-state index is -0.788. The molecule has 7 heteroatoms. The lowest BCUT2D eigenvalue weighted by Crippen LogP contribution is -2.45. The second-order valence-electron chi connectivity index (χ2n) is 6.85. The summed E-state index contributed by atoms with van der Waals surface area (Å²) in [5.41, 5.74) is -0.0807. The lowest BCUT2D eigenvalue weighted by Gasteiger charge is -2.20. The molecule has 1 aromatic heterocycles.